The third-order valence-electron chi connectivity index (χ3n) is 10.8. The summed E-state index contributed by atoms with van der Waals surface area (Å²) in [4.78, 5) is 0. The number of benzene rings is 12. The molecule has 0 spiro atoms. The van der Waals surface area contributed by atoms with E-state index in [1.807, 2.05) is 0 Å². The quantitative estimate of drug-likeness (QED) is 0.176. The summed E-state index contributed by atoms with van der Waals surface area (Å²) in [6.07, 6.45) is 0. The Bertz CT molecular complexity index is 5740. The Kier molecular flexibility index (Phi) is 2.71. The summed E-state index contributed by atoms with van der Waals surface area (Å²) in [6.45, 7) is -7.95. The molecule has 0 saturated heterocycles. The fraction of sp³-hybridized carbons (Fsp3) is 0.0508. The molecule has 0 heterocycles. The van der Waals surface area contributed by atoms with Gasteiger partial charge in [-0.25, -0.2) is 0 Å². The number of phenols is 1. The van der Waals surface area contributed by atoms with Gasteiger partial charge in [0.1, 0.15) is 5.75 Å². The molecule has 1 heteroatoms. The van der Waals surface area contributed by atoms with Crippen LogP contribution in [0.5, 0.6) is 5.75 Å². The maximum atomic E-state index is 12.3. The molecule has 1 aliphatic rings. The first kappa shape index (κ1) is 13.5. The van der Waals surface area contributed by atoms with E-state index in [2.05, 4.69) is 0 Å². The average molecular weight is 800 g/mol. The van der Waals surface area contributed by atoms with E-state index in [0.29, 0.717) is 0 Å². The third kappa shape index (κ3) is 4.52. The van der Waals surface area contributed by atoms with Crippen molar-refractivity contribution < 1.29 is 55.8 Å². The number of hydrogen-bond acceptors (Lipinski definition) is 1. The zero-order valence-electron chi connectivity index (χ0n) is 66.9. The Balaban J connectivity index is 1.32. The van der Waals surface area contributed by atoms with Crippen molar-refractivity contribution >= 4 is 64.6 Å². The normalized spacial score (nSPS) is 22.5. The van der Waals surface area contributed by atoms with Crippen LogP contribution < -0.4 is 0 Å². The Morgan fingerprint density at radius 3 is 1.57 bits per heavy atom. The minimum atomic E-state index is -3.97. The van der Waals surface area contributed by atoms with Gasteiger partial charge in [-0.3, -0.25) is 0 Å². The summed E-state index contributed by atoms with van der Waals surface area (Å²) < 4.78 is 345. The summed E-state index contributed by atoms with van der Waals surface area (Å²) in [5.41, 5.74) is -17.4. The molecule has 0 aliphatic heterocycles. The van der Waals surface area contributed by atoms with Gasteiger partial charge in [-0.15, -0.1) is 0 Å². The average Bonchev–Trinajstić information content (AvgIpc) is 1.55. The Labute approximate surface area is 400 Å². The van der Waals surface area contributed by atoms with Crippen molar-refractivity contribution in [1.82, 2.24) is 0 Å². The highest BCUT2D eigenvalue weighted by atomic mass is 16.3. The molecule has 0 bridgehead atoms. The van der Waals surface area contributed by atoms with Gasteiger partial charge in [-0.2, -0.15) is 0 Å². The fourth-order valence-corrected chi connectivity index (χ4v) is 8.14. The van der Waals surface area contributed by atoms with Gasteiger partial charge in [0.15, 0.2) is 0 Å². The number of rotatable bonds is 4. The highest BCUT2D eigenvalue weighted by molar-refractivity contribution is 6.28. The Hall–Kier alpha value is -7.48. The van der Waals surface area contributed by atoms with Crippen molar-refractivity contribution in [3.05, 3.63) is 198 Å². The Morgan fingerprint density at radius 1 is 0.350 bits per heavy atom. The molecule has 13 rings (SSSR count). The van der Waals surface area contributed by atoms with Crippen LogP contribution in [0.25, 0.3) is 120 Å². The second kappa shape index (κ2) is 12.0. The summed E-state index contributed by atoms with van der Waals surface area (Å²) in [6, 6.07) is -34.9. The second-order valence-corrected chi connectivity index (χ2v) is 14.0. The molecule has 1 aliphatic carbocycles. The van der Waals surface area contributed by atoms with Crippen LogP contribution in [0, 0.1) is 0 Å². The van der Waals surface area contributed by atoms with Crippen LogP contribution in [-0.2, 0) is 5.41 Å². The predicted molar refractivity (Wildman–Crippen MR) is 255 cm³/mol. The highest BCUT2D eigenvalue weighted by Gasteiger charge is 2.35. The molecule has 0 fully saturated rings. The van der Waals surface area contributed by atoms with E-state index in [1.165, 1.54) is 0 Å². The highest BCUT2D eigenvalue weighted by Crippen LogP contribution is 2.52. The van der Waals surface area contributed by atoms with Crippen molar-refractivity contribution in [3.8, 4) is 61.4 Å². The molecule has 60 heavy (non-hydrogen) atoms. The SMILES string of the molecule is [2H]c1c([2H])c([2H])c(-c2c([2H])c(O)c3c([2H])c([2H])c4c([2H])c([2H])c([2H])c5c([2H])c([2H])c2c3c45)c(-c2c([2H])c([2H])c(-c3c([2H])c([2H])c4c(c3[2H])-c3c([2H])c([2H])c([2H])c([2H])c3C4(C([2H])([2H])[2H])C([2H])([2H])[2H])c(-c3c([2H])c([2H])c4c([2H])c([2H])c5c([2H])c([2H])c([2H])c6c([2H])c([2H])c3c4c56)c2[2H])c1[2H]. The minimum Gasteiger partial charge on any atom is -0.507 e. The van der Waals surface area contributed by atoms with Crippen molar-refractivity contribution in [2.24, 2.45) is 0 Å². The van der Waals surface area contributed by atoms with Gasteiger partial charge in [0.05, 0.1) is 42.5 Å². The molecule has 12 aromatic carbocycles. The topological polar surface area (TPSA) is 20.2 Å². The first-order valence-electron chi connectivity index (χ1n) is 36.5. The van der Waals surface area contributed by atoms with Gasteiger partial charge < -0.3 is 5.11 Å². The van der Waals surface area contributed by atoms with Crippen LogP contribution >= 0.6 is 0 Å². The zero-order chi connectivity index (χ0) is 71.8. The maximum absolute atomic E-state index is 12.3. The molecule has 0 amide bonds. The first-order chi connectivity index (χ1) is 44.9. The molecule has 0 atom stereocenters. The molecule has 0 radical (unpaired) electrons. The van der Waals surface area contributed by atoms with Crippen LogP contribution in [0.15, 0.2) is 187 Å². The molecule has 0 unspecified atom stereocenters. The lowest BCUT2D eigenvalue weighted by molar-refractivity contribution is 0.482. The second-order valence-electron chi connectivity index (χ2n) is 14.0. The van der Waals surface area contributed by atoms with Gasteiger partial charge in [-0.05, 0) is 139 Å². The van der Waals surface area contributed by atoms with Gasteiger partial charge >= 0.3 is 0 Å². The largest absolute Gasteiger partial charge is 0.507 e. The van der Waals surface area contributed by atoms with E-state index in [0.717, 1.165) is 0 Å². The molecule has 280 valence electrons. The summed E-state index contributed by atoms with van der Waals surface area (Å²) >= 11 is 0. The number of phenolic OH excluding ortho intramolecular Hbond substituents is 1. The lowest BCUT2D eigenvalue weighted by atomic mass is 9.81. The van der Waals surface area contributed by atoms with Crippen LogP contribution in [0.3, 0.4) is 0 Å². The molecule has 1 N–H and O–H groups in total. The number of hydrogen-bond donors (Lipinski definition) is 1. The van der Waals surface area contributed by atoms with Gasteiger partial charge in [0, 0.05) is 24.4 Å². The van der Waals surface area contributed by atoms with Gasteiger partial charge in [0.25, 0.3) is 0 Å². The lowest BCUT2D eigenvalue weighted by Gasteiger charge is -2.22. The summed E-state index contributed by atoms with van der Waals surface area (Å²) in [5.74, 6) is -1.26. The number of fused-ring (bicyclic) bond motifs is 3. The smallest absolute Gasteiger partial charge is 0.124 e. The fourth-order valence-electron chi connectivity index (χ4n) is 8.14. The first-order valence-corrected chi connectivity index (χ1v) is 18.0. The molecular weight excluding hydrogens is 725 g/mol. The zero-order valence-corrected chi connectivity index (χ0v) is 29.9. The van der Waals surface area contributed by atoms with Crippen LogP contribution in [-0.4, -0.2) is 5.11 Å². The minimum absolute atomic E-state index is 0.474. The predicted octanol–water partition coefficient (Wildman–Crippen LogP) is 16.2. The van der Waals surface area contributed by atoms with Crippen molar-refractivity contribution in [2.45, 2.75) is 19.1 Å². The summed E-state index contributed by atoms with van der Waals surface area (Å²) in [7, 11) is 0. The maximum Gasteiger partial charge on any atom is 0.124 e. The van der Waals surface area contributed by atoms with Crippen molar-refractivity contribution in [3.63, 3.8) is 0 Å². The van der Waals surface area contributed by atoms with E-state index < -0.39 is 344 Å². The van der Waals surface area contributed by atoms with Crippen molar-refractivity contribution in [2.75, 3.05) is 0 Å². The van der Waals surface area contributed by atoms with E-state index in [1.54, 1.807) is 0 Å². The standard InChI is InChI=1S/C59H38O/c1-59(2)52-16-6-5-15-45(52)51-32-40(24-30-53(51)59)42-25-23-39(31-49(42)44-26-19-38-18-17-34-9-7-10-35-20-27-46(44)57(38)55(34)35)41-13-3-4-14-43(41)50-33-54(60)48-29-22-37-12-8-11-36-21-28-47(50)58(48)56(36)37/h3-33,60H,1-2H3/i1D3,2D3,3D,4D,5D,6D,7D,8D,9D,10D,11D,12D,13D,14D,15D,16D,17D,18D,19D,20D,21D,22D,23D,24D,25D,26D,27D,28D,29D,30D,31D,32D,33D. The summed E-state index contributed by atoms with van der Waals surface area (Å²) in [5, 5.41) is 4.68. The van der Waals surface area contributed by atoms with Crippen LogP contribution in [0.2, 0.25) is 0 Å². The van der Waals surface area contributed by atoms with E-state index >= 15 is 0 Å². The van der Waals surface area contributed by atoms with Crippen molar-refractivity contribution in [1.29, 1.82) is 0 Å². The molecule has 1 nitrogen and oxygen atoms in total. The van der Waals surface area contributed by atoms with Gasteiger partial charge in [-0.1, -0.05) is 183 Å². The Morgan fingerprint density at radius 2 is 0.850 bits per heavy atom. The molecule has 0 aromatic heterocycles. The molecule has 12 aromatic rings. The third-order valence-corrected chi connectivity index (χ3v) is 10.8. The van der Waals surface area contributed by atoms with Gasteiger partial charge in [0.2, 0.25) is 0 Å². The van der Waals surface area contributed by atoms with E-state index in [9.17, 15) is 28.4 Å². The van der Waals surface area contributed by atoms with Crippen LogP contribution in [0.4, 0.5) is 0 Å². The molecule has 0 saturated carbocycles. The van der Waals surface area contributed by atoms with E-state index in [-0.39, 0.29) is 0 Å². The number of aromatic hydroxyl groups is 1. The monoisotopic (exact) mass is 800 g/mol. The lowest BCUT2D eigenvalue weighted by Crippen LogP contribution is -2.14. The molecular formula is C59H38O. The van der Waals surface area contributed by atoms with Crippen LogP contribution in [0.1, 0.15) is 75.5 Å². The van der Waals surface area contributed by atoms with E-state index in [4.69, 9.17) is 27.4 Å².